The van der Waals surface area contributed by atoms with Crippen molar-refractivity contribution in [1.29, 1.82) is 0 Å². The van der Waals surface area contributed by atoms with E-state index in [4.69, 9.17) is 0 Å². The Morgan fingerprint density at radius 3 is 2.95 bits per heavy atom. The number of thiazole rings is 1. The van der Waals surface area contributed by atoms with E-state index in [-0.39, 0.29) is 11.4 Å². The number of hydrogen-bond donors (Lipinski definition) is 0. The average Bonchev–Trinajstić information content (AvgIpc) is 2.83. The van der Waals surface area contributed by atoms with Crippen molar-refractivity contribution < 1.29 is 4.79 Å². The van der Waals surface area contributed by atoms with Crippen molar-refractivity contribution in [2.24, 2.45) is 0 Å². The highest BCUT2D eigenvalue weighted by atomic mass is 32.1. The third kappa shape index (κ3) is 2.07. The van der Waals surface area contributed by atoms with Gasteiger partial charge in [0, 0.05) is 12.6 Å². The molecule has 4 nitrogen and oxygen atoms in total. The molecule has 3 rings (SSSR count). The number of amides is 1. The van der Waals surface area contributed by atoms with Gasteiger partial charge in [0.15, 0.2) is 0 Å². The molecular weight excluding hydrogens is 270 g/mol. The second-order valence-electron chi connectivity index (χ2n) is 6.32. The summed E-state index contributed by atoms with van der Waals surface area (Å²) in [4.78, 5) is 22.6. The van der Waals surface area contributed by atoms with Crippen LogP contribution >= 0.6 is 11.3 Å². The first-order valence-corrected chi connectivity index (χ1v) is 8.34. The van der Waals surface area contributed by atoms with Crippen molar-refractivity contribution in [2.45, 2.75) is 51.1 Å². The number of hydrogen-bond acceptors (Lipinski definition) is 4. The summed E-state index contributed by atoms with van der Waals surface area (Å²) >= 11 is 1.47. The highest BCUT2D eigenvalue weighted by molar-refractivity contribution is 7.11. The largest absolute Gasteiger partial charge is 0.331 e. The van der Waals surface area contributed by atoms with Gasteiger partial charge in [0.05, 0.1) is 16.7 Å². The molecule has 110 valence electrons. The fourth-order valence-electron chi connectivity index (χ4n) is 3.99. The molecular formula is C15H23N3OS. The van der Waals surface area contributed by atoms with Gasteiger partial charge in [0.1, 0.15) is 4.88 Å². The summed E-state index contributed by atoms with van der Waals surface area (Å²) in [5, 5.41) is 0. The lowest BCUT2D eigenvalue weighted by Gasteiger charge is -2.55. The first-order valence-electron chi connectivity index (χ1n) is 7.46. The van der Waals surface area contributed by atoms with E-state index >= 15 is 0 Å². The van der Waals surface area contributed by atoms with E-state index in [2.05, 4.69) is 28.8 Å². The molecule has 2 aliphatic heterocycles. The monoisotopic (exact) mass is 293 g/mol. The van der Waals surface area contributed by atoms with Gasteiger partial charge in [-0.2, -0.15) is 0 Å². The maximum Gasteiger partial charge on any atom is 0.266 e. The van der Waals surface area contributed by atoms with Crippen LogP contribution in [-0.4, -0.2) is 52.4 Å². The van der Waals surface area contributed by atoms with E-state index in [0.29, 0.717) is 6.04 Å². The minimum atomic E-state index is -0.0151. The molecule has 0 saturated carbocycles. The summed E-state index contributed by atoms with van der Waals surface area (Å²) in [5.41, 5.74) is 2.63. The lowest BCUT2D eigenvalue weighted by Crippen LogP contribution is -2.66. The van der Waals surface area contributed by atoms with Gasteiger partial charge in [-0.15, -0.1) is 11.3 Å². The van der Waals surface area contributed by atoms with Crippen LogP contribution in [0, 0.1) is 6.92 Å². The quantitative estimate of drug-likeness (QED) is 0.798. The Kier molecular flexibility index (Phi) is 3.58. The Labute approximate surface area is 124 Å². The Bertz CT molecular complexity index is 515. The van der Waals surface area contributed by atoms with E-state index in [9.17, 15) is 4.79 Å². The van der Waals surface area contributed by atoms with Crippen LogP contribution in [0.5, 0.6) is 0 Å². The highest BCUT2D eigenvalue weighted by Gasteiger charge is 2.48. The van der Waals surface area contributed by atoms with Crippen LogP contribution in [0.15, 0.2) is 5.51 Å². The molecule has 5 heteroatoms. The van der Waals surface area contributed by atoms with Crippen LogP contribution in [-0.2, 0) is 0 Å². The number of carbonyl (C=O) groups excluding carboxylic acids is 1. The van der Waals surface area contributed by atoms with E-state index in [1.807, 2.05) is 6.92 Å². The zero-order valence-electron chi connectivity index (χ0n) is 12.6. The van der Waals surface area contributed by atoms with E-state index < -0.39 is 0 Å². The van der Waals surface area contributed by atoms with Crippen LogP contribution in [0.3, 0.4) is 0 Å². The summed E-state index contributed by atoms with van der Waals surface area (Å²) in [7, 11) is 2.20. The van der Waals surface area contributed by atoms with Crippen molar-refractivity contribution in [3.05, 3.63) is 16.1 Å². The summed E-state index contributed by atoms with van der Waals surface area (Å²) in [5.74, 6) is 0.188. The zero-order chi connectivity index (χ0) is 14.3. The lowest BCUT2D eigenvalue weighted by atomic mass is 9.76. The molecule has 3 heterocycles. The van der Waals surface area contributed by atoms with Gasteiger partial charge in [0.2, 0.25) is 0 Å². The van der Waals surface area contributed by atoms with E-state index in [0.717, 1.165) is 36.5 Å². The SMILES string of the molecule is Cc1ncsc1C(=O)N1CCC[C@@H]2N(C)CCC[C@@]21C. The number of likely N-dealkylation sites (tertiary alicyclic amines) is 2. The molecule has 0 unspecified atom stereocenters. The van der Waals surface area contributed by atoms with Crippen molar-refractivity contribution in [2.75, 3.05) is 20.1 Å². The zero-order valence-corrected chi connectivity index (χ0v) is 13.4. The third-order valence-corrected chi connectivity index (χ3v) is 6.02. The van der Waals surface area contributed by atoms with Crippen LogP contribution < -0.4 is 0 Å². The molecule has 1 aromatic heterocycles. The molecule has 0 N–H and O–H groups in total. The number of rotatable bonds is 1. The van der Waals surface area contributed by atoms with Gasteiger partial charge in [0.25, 0.3) is 5.91 Å². The summed E-state index contributed by atoms with van der Waals surface area (Å²) in [6.07, 6.45) is 4.60. The highest BCUT2D eigenvalue weighted by Crippen LogP contribution is 2.39. The maximum absolute atomic E-state index is 12.9. The predicted octanol–water partition coefficient (Wildman–Crippen LogP) is 2.54. The molecule has 2 fully saturated rings. The normalized spacial score (nSPS) is 31.1. The van der Waals surface area contributed by atoms with Crippen LogP contribution in [0.25, 0.3) is 0 Å². The molecule has 0 spiro atoms. The number of carbonyl (C=O) groups is 1. The van der Waals surface area contributed by atoms with Crippen LogP contribution in [0.2, 0.25) is 0 Å². The number of nitrogens with zero attached hydrogens (tertiary/aromatic N) is 3. The van der Waals surface area contributed by atoms with Gasteiger partial charge in [-0.05, 0) is 53.1 Å². The smallest absolute Gasteiger partial charge is 0.266 e. The average molecular weight is 293 g/mol. The molecule has 20 heavy (non-hydrogen) atoms. The second-order valence-corrected chi connectivity index (χ2v) is 7.18. The lowest BCUT2D eigenvalue weighted by molar-refractivity contribution is -0.0344. The topological polar surface area (TPSA) is 36.4 Å². The first-order chi connectivity index (χ1) is 9.54. The van der Waals surface area contributed by atoms with Crippen molar-refractivity contribution in [1.82, 2.24) is 14.8 Å². The minimum Gasteiger partial charge on any atom is -0.331 e. The van der Waals surface area contributed by atoms with E-state index in [1.165, 1.54) is 24.2 Å². The minimum absolute atomic E-state index is 0.0151. The van der Waals surface area contributed by atoms with Crippen molar-refractivity contribution >= 4 is 17.2 Å². The Balaban J connectivity index is 1.92. The van der Waals surface area contributed by atoms with Gasteiger partial charge in [-0.25, -0.2) is 4.98 Å². The molecule has 2 saturated heterocycles. The molecule has 1 aromatic rings. The molecule has 1 amide bonds. The summed E-state index contributed by atoms with van der Waals surface area (Å²) in [6.45, 7) is 6.25. The third-order valence-electron chi connectivity index (χ3n) is 5.10. The van der Waals surface area contributed by atoms with Gasteiger partial charge in [-0.3, -0.25) is 4.79 Å². The summed E-state index contributed by atoms with van der Waals surface area (Å²) in [6, 6.07) is 0.502. The fourth-order valence-corrected chi connectivity index (χ4v) is 4.74. The van der Waals surface area contributed by atoms with Crippen LogP contribution in [0.1, 0.15) is 48.0 Å². The Hall–Kier alpha value is -0.940. The Morgan fingerprint density at radius 2 is 2.25 bits per heavy atom. The van der Waals surface area contributed by atoms with E-state index in [1.54, 1.807) is 5.51 Å². The summed E-state index contributed by atoms with van der Waals surface area (Å²) < 4.78 is 0. The number of fused-ring (bicyclic) bond motifs is 1. The van der Waals surface area contributed by atoms with Gasteiger partial charge >= 0.3 is 0 Å². The second kappa shape index (κ2) is 5.11. The predicted molar refractivity (Wildman–Crippen MR) is 81.2 cm³/mol. The first kappa shape index (κ1) is 14.0. The molecule has 0 aromatic carbocycles. The van der Waals surface area contributed by atoms with Gasteiger partial charge < -0.3 is 9.80 Å². The van der Waals surface area contributed by atoms with Gasteiger partial charge in [-0.1, -0.05) is 0 Å². The number of aryl methyl sites for hydroxylation is 1. The van der Waals surface area contributed by atoms with Crippen LogP contribution in [0.4, 0.5) is 0 Å². The van der Waals surface area contributed by atoms with Crippen molar-refractivity contribution in [3.63, 3.8) is 0 Å². The number of likely N-dealkylation sites (N-methyl/N-ethyl adjacent to an activating group) is 1. The molecule has 0 bridgehead atoms. The molecule has 2 atom stereocenters. The Morgan fingerprint density at radius 1 is 1.45 bits per heavy atom. The van der Waals surface area contributed by atoms with Crippen molar-refractivity contribution in [3.8, 4) is 0 Å². The number of aromatic nitrogens is 1. The fraction of sp³-hybridized carbons (Fsp3) is 0.733. The maximum atomic E-state index is 12.9. The number of piperidine rings is 2. The molecule has 0 aliphatic carbocycles. The molecule has 2 aliphatic rings. The standard InChI is InChI=1S/C15H23N3OS/c1-11-13(20-10-16-11)14(19)18-9-4-6-12-15(18,2)7-5-8-17(12)3/h10,12H,4-9H2,1-3H3/t12-,15-/m0/s1. The molecule has 0 radical (unpaired) electrons.